The second kappa shape index (κ2) is 6.89. The summed E-state index contributed by atoms with van der Waals surface area (Å²) in [5.41, 5.74) is 1.28. The number of carboxylic acid groups (broad SMARTS) is 1. The monoisotopic (exact) mass is 273 g/mol. The van der Waals surface area contributed by atoms with Crippen molar-refractivity contribution >= 4 is 18.0 Å². The van der Waals surface area contributed by atoms with Gasteiger partial charge in [0, 0.05) is 17.7 Å². The number of carbonyl (C=O) groups is 2. The molecular formula is C16H19NO3. The number of aliphatic carboxylic acids is 1. The van der Waals surface area contributed by atoms with Crippen LogP contribution in [0, 0.1) is 0 Å². The third-order valence-electron chi connectivity index (χ3n) is 3.51. The molecule has 20 heavy (non-hydrogen) atoms. The number of amides is 1. The maximum atomic E-state index is 12.2. The predicted octanol–water partition coefficient (Wildman–Crippen LogP) is 2.85. The zero-order valence-corrected chi connectivity index (χ0v) is 11.3. The molecule has 1 saturated carbocycles. The lowest BCUT2D eigenvalue weighted by Crippen LogP contribution is -2.36. The number of benzene rings is 1. The molecular weight excluding hydrogens is 254 g/mol. The van der Waals surface area contributed by atoms with Crippen molar-refractivity contribution in [2.45, 2.75) is 38.1 Å². The van der Waals surface area contributed by atoms with E-state index in [1.165, 1.54) is 25.3 Å². The van der Waals surface area contributed by atoms with Crippen LogP contribution in [0.25, 0.3) is 6.08 Å². The van der Waals surface area contributed by atoms with Crippen LogP contribution in [0.15, 0.2) is 30.3 Å². The highest BCUT2D eigenvalue weighted by atomic mass is 16.4. The number of carbonyl (C=O) groups excluding carboxylic acids is 1. The largest absolute Gasteiger partial charge is 0.478 e. The number of carboxylic acids is 1. The van der Waals surface area contributed by atoms with Crippen molar-refractivity contribution in [1.82, 2.24) is 5.32 Å². The minimum atomic E-state index is -0.998. The summed E-state index contributed by atoms with van der Waals surface area (Å²) in [5.74, 6) is -1.08. The molecule has 1 aromatic carbocycles. The van der Waals surface area contributed by atoms with Crippen molar-refractivity contribution in [2.24, 2.45) is 0 Å². The number of hydrogen-bond acceptors (Lipinski definition) is 2. The molecule has 0 saturated heterocycles. The third kappa shape index (κ3) is 4.23. The average molecular weight is 273 g/mol. The average Bonchev–Trinajstić information content (AvgIpc) is 2.46. The topological polar surface area (TPSA) is 66.4 Å². The summed E-state index contributed by atoms with van der Waals surface area (Å²) < 4.78 is 0. The zero-order valence-electron chi connectivity index (χ0n) is 11.3. The fourth-order valence-electron chi connectivity index (χ4n) is 2.47. The van der Waals surface area contributed by atoms with Gasteiger partial charge in [0.15, 0.2) is 0 Å². The van der Waals surface area contributed by atoms with E-state index in [4.69, 9.17) is 5.11 Å². The van der Waals surface area contributed by atoms with Gasteiger partial charge >= 0.3 is 5.97 Å². The first-order valence-corrected chi connectivity index (χ1v) is 6.97. The Morgan fingerprint density at radius 2 is 1.95 bits per heavy atom. The van der Waals surface area contributed by atoms with Gasteiger partial charge in [-0.05, 0) is 36.6 Å². The van der Waals surface area contributed by atoms with Crippen LogP contribution in [0.1, 0.15) is 48.0 Å². The second-order valence-electron chi connectivity index (χ2n) is 5.11. The molecule has 0 aliphatic heterocycles. The summed E-state index contributed by atoms with van der Waals surface area (Å²) in [5, 5.41) is 11.7. The van der Waals surface area contributed by atoms with Gasteiger partial charge in [-0.15, -0.1) is 0 Å². The van der Waals surface area contributed by atoms with E-state index in [0.29, 0.717) is 11.1 Å². The van der Waals surface area contributed by atoms with Crippen molar-refractivity contribution < 1.29 is 14.7 Å². The minimum Gasteiger partial charge on any atom is -0.478 e. The molecule has 4 nitrogen and oxygen atoms in total. The lowest BCUT2D eigenvalue weighted by molar-refractivity contribution is -0.131. The summed E-state index contributed by atoms with van der Waals surface area (Å²) in [6.07, 6.45) is 8.24. The van der Waals surface area contributed by atoms with Crippen LogP contribution in [-0.4, -0.2) is 23.0 Å². The maximum Gasteiger partial charge on any atom is 0.328 e. The fraction of sp³-hybridized carbons (Fsp3) is 0.375. The van der Waals surface area contributed by atoms with Gasteiger partial charge in [-0.2, -0.15) is 0 Å². The number of hydrogen-bond donors (Lipinski definition) is 2. The van der Waals surface area contributed by atoms with Crippen LogP contribution in [0.5, 0.6) is 0 Å². The quantitative estimate of drug-likeness (QED) is 0.829. The molecule has 4 heteroatoms. The smallest absolute Gasteiger partial charge is 0.328 e. The molecule has 0 spiro atoms. The molecule has 1 aromatic rings. The van der Waals surface area contributed by atoms with Crippen molar-refractivity contribution in [3.63, 3.8) is 0 Å². The third-order valence-corrected chi connectivity index (χ3v) is 3.51. The predicted molar refractivity (Wildman–Crippen MR) is 77.5 cm³/mol. The Hall–Kier alpha value is -2.10. The zero-order chi connectivity index (χ0) is 14.4. The molecule has 1 aliphatic rings. The Kier molecular flexibility index (Phi) is 4.93. The first-order chi connectivity index (χ1) is 9.65. The fourth-order valence-corrected chi connectivity index (χ4v) is 2.47. The first-order valence-electron chi connectivity index (χ1n) is 6.97. The van der Waals surface area contributed by atoms with Gasteiger partial charge in [0.05, 0.1) is 0 Å². The van der Waals surface area contributed by atoms with Gasteiger partial charge in [0.25, 0.3) is 5.91 Å². The summed E-state index contributed by atoms with van der Waals surface area (Å²) in [4.78, 5) is 22.6. The Labute approximate surface area is 118 Å². The van der Waals surface area contributed by atoms with Gasteiger partial charge in [0.1, 0.15) is 0 Å². The molecule has 106 valence electrons. The molecule has 0 atom stereocenters. The van der Waals surface area contributed by atoms with Crippen molar-refractivity contribution in [3.8, 4) is 0 Å². The highest BCUT2D eigenvalue weighted by Crippen LogP contribution is 2.18. The molecule has 1 amide bonds. The van der Waals surface area contributed by atoms with E-state index in [1.807, 2.05) is 0 Å². The van der Waals surface area contributed by atoms with Crippen LogP contribution in [0.4, 0.5) is 0 Å². The summed E-state index contributed by atoms with van der Waals surface area (Å²) in [6.45, 7) is 0. The highest BCUT2D eigenvalue weighted by molar-refractivity contribution is 5.95. The summed E-state index contributed by atoms with van der Waals surface area (Å²) in [7, 11) is 0. The normalized spacial score (nSPS) is 16.2. The lowest BCUT2D eigenvalue weighted by Gasteiger charge is -2.22. The minimum absolute atomic E-state index is 0.0810. The van der Waals surface area contributed by atoms with Gasteiger partial charge in [-0.3, -0.25) is 4.79 Å². The molecule has 0 unspecified atom stereocenters. The van der Waals surface area contributed by atoms with E-state index >= 15 is 0 Å². The Bertz CT molecular complexity index is 516. The van der Waals surface area contributed by atoms with Crippen molar-refractivity contribution in [2.75, 3.05) is 0 Å². The maximum absolute atomic E-state index is 12.2. The molecule has 0 aromatic heterocycles. The van der Waals surface area contributed by atoms with Crippen LogP contribution >= 0.6 is 0 Å². The number of rotatable bonds is 4. The molecule has 2 N–H and O–H groups in total. The van der Waals surface area contributed by atoms with E-state index in [-0.39, 0.29) is 11.9 Å². The summed E-state index contributed by atoms with van der Waals surface area (Å²) in [6, 6.07) is 7.26. The van der Waals surface area contributed by atoms with Crippen molar-refractivity contribution in [3.05, 3.63) is 41.5 Å². The SMILES string of the molecule is O=C(O)C=Cc1cccc(C(=O)NC2CCCCC2)c1. The molecule has 0 bridgehead atoms. The Morgan fingerprint density at radius 3 is 2.65 bits per heavy atom. The molecule has 2 rings (SSSR count). The van der Waals surface area contributed by atoms with E-state index in [9.17, 15) is 9.59 Å². The van der Waals surface area contributed by atoms with Gasteiger partial charge in [-0.25, -0.2) is 4.79 Å². The summed E-state index contributed by atoms with van der Waals surface area (Å²) >= 11 is 0. The number of nitrogens with one attached hydrogen (secondary N) is 1. The van der Waals surface area contributed by atoms with Crippen LogP contribution < -0.4 is 5.32 Å². The van der Waals surface area contributed by atoms with E-state index in [2.05, 4.69) is 5.32 Å². The molecule has 1 fully saturated rings. The van der Waals surface area contributed by atoms with Crippen molar-refractivity contribution in [1.29, 1.82) is 0 Å². The standard InChI is InChI=1S/C16H19NO3/c18-15(19)10-9-12-5-4-6-13(11-12)16(20)17-14-7-2-1-3-8-14/h4-6,9-11,14H,1-3,7-8H2,(H,17,20)(H,18,19). The van der Waals surface area contributed by atoms with Gasteiger partial charge < -0.3 is 10.4 Å². The second-order valence-corrected chi connectivity index (χ2v) is 5.11. The van der Waals surface area contributed by atoms with Crippen LogP contribution in [0.3, 0.4) is 0 Å². The lowest BCUT2D eigenvalue weighted by atomic mass is 9.95. The molecule has 0 radical (unpaired) electrons. The molecule has 1 aliphatic carbocycles. The molecule has 0 heterocycles. The first kappa shape index (κ1) is 14.3. The van der Waals surface area contributed by atoms with Gasteiger partial charge in [-0.1, -0.05) is 31.4 Å². The van der Waals surface area contributed by atoms with E-state index in [1.54, 1.807) is 24.3 Å². The van der Waals surface area contributed by atoms with Crippen LogP contribution in [-0.2, 0) is 4.79 Å². The Morgan fingerprint density at radius 1 is 1.20 bits per heavy atom. The Balaban J connectivity index is 2.02. The highest BCUT2D eigenvalue weighted by Gasteiger charge is 2.16. The van der Waals surface area contributed by atoms with E-state index in [0.717, 1.165) is 18.9 Å². The van der Waals surface area contributed by atoms with E-state index < -0.39 is 5.97 Å². The van der Waals surface area contributed by atoms with Gasteiger partial charge in [0.2, 0.25) is 0 Å². The van der Waals surface area contributed by atoms with Crippen LogP contribution in [0.2, 0.25) is 0 Å².